The summed E-state index contributed by atoms with van der Waals surface area (Å²) >= 11 is 0. The molecular weight excluding hydrogens is 452 g/mol. The predicted molar refractivity (Wildman–Crippen MR) is 122 cm³/mol. The first-order chi connectivity index (χ1) is 16.3. The van der Waals surface area contributed by atoms with Crippen molar-refractivity contribution in [1.29, 1.82) is 0 Å². The first kappa shape index (κ1) is 23.5. The smallest absolute Gasteiger partial charge is 0.308 e. The summed E-state index contributed by atoms with van der Waals surface area (Å²) in [7, 11) is 1.37. The van der Waals surface area contributed by atoms with E-state index >= 15 is 0 Å². The molecule has 0 aromatic carbocycles. The highest BCUT2D eigenvalue weighted by Crippen LogP contribution is 2.80. The molecule has 6 rings (SSSR count). The van der Waals surface area contributed by atoms with Crippen molar-refractivity contribution in [2.24, 2.45) is 22.7 Å². The highest BCUT2D eigenvalue weighted by atomic mass is 16.7. The number of aliphatic hydroxyl groups is 1. The summed E-state index contributed by atoms with van der Waals surface area (Å²) in [5.74, 6) is -1.28. The van der Waals surface area contributed by atoms with Crippen LogP contribution < -0.4 is 0 Å². The van der Waals surface area contributed by atoms with Crippen molar-refractivity contribution in [3.63, 3.8) is 0 Å². The van der Waals surface area contributed by atoms with Gasteiger partial charge in [0.15, 0.2) is 0 Å². The van der Waals surface area contributed by atoms with E-state index < -0.39 is 34.2 Å². The lowest BCUT2D eigenvalue weighted by atomic mass is 9.47. The van der Waals surface area contributed by atoms with E-state index in [-0.39, 0.29) is 54.2 Å². The number of carbonyl (C=O) groups excluding carboxylic acids is 2. The van der Waals surface area contributed by atoms with Gasteiger partial charge in [-0.25, -0.2) is 0 Å². The van der Waals surface area contributed by atoms with Crippen molar-refractivity contribution in [2.75, 3.05) is 7.11 Å². The van der Waals surface area contributed by atoms with Crippen LogP contribution in [0.25, 0.3) is 0 Å². The fourth-order valence-corrected chi connectivity index (χ4v) is 9.47. The molecule has 0 amide bonds. The minimum Gasteiger partial charge on any atom is -0.472 e. The number of furan rings is 1. The van der Waals surface area contributed by atoms with Crippen LogP contribution in [0.15, 0.2) is 23.0 Å². The molecule has 192 valence electrons. The molecule has 1 aromatic heterocycles. The summed E-state index contributed by atoms with van der Waals surface area (Å²) in [6.45, 7) is 9.75. The van der Waals surface area contributed by atoms with E-state index in [0.717, 1.165) is 12.0 Å². The number of epoxide rings is 1. The number of hydrogen-bond donors (Lipinski definition) is 1. The van der Waals surface area contributed by atoms with Crippen LogP contribution in [0.5, 0.6) is 0 Å². The Bertz CT molecular complexity index is 1060. The van der Waals surface area contributed by atoms with Gasteiger partial charge in [0.1, 0.15) is 11.2 Å². The fraction of sp³-hybridized carbons (Fsp3) is 0.778. The van der Waals surface area contributed by atoms with Gasteiger partial charge < -0.3 is 28.5 Å². The van der Waals surface area contributed by atoms with Crippen LogP contribution in [-0.4, -0.2) is 59.3 Å². The minimum atomic E-state index is -1.19. The predicted octanol–water partition coefficient (Wildman–Crippen LogP) is 3.36. The van der Waals surface area contributed by atoms with Crippen molar-refractivity contribution in [2.45, 2.75) is 101 Å². The maximum atomic E-state index is 13.4. The van der Waals surface area contributed by atoms with Gasteiger partial charge in [0.25, 0.3) is 0 Å². The van der Waals surface area contributed by atoms with Gasteiger partial charge in [0.05, 0.1) is 56.4 Å². The van der Waals surface area contributed by atoms with Crippen LogP contribution >= 0.6 is 0 Å². The van der Waals surface area contributed by atoms with Crippen molar-refractivity contribution in [1.82, 2.24) is 0 Å². The summed E-state index contributed by atoms with van der Waals surface area (Å²) in [4.78, 5) is 25.9. The van der Waals surface area contributed by atoms with Gasteiger partial charge in [-0.05, 0) is 51.2 Å². The molecule has 0 bridgehead atoms. The highest BCUT2D eigenvalue weighted by molar-refractivity contribution is 5.73. The number of methoxy groups -OCH3 is 1. The highest BCUT2D eigenvalue weighted by Gasteiger charge is 2.89. The zero-order valence-electron chi connectivity index (χ0n) is 21.3. The molecule has 10 atom stereocenters. The maximum absolute atomic E-state index is 13.4. The van der Waals surface area contributed by atoms with Gasteiger partial charge in [-0.3, -0.25) is 9.59 Å². The molecule has 2 aliphatic carbocycles. The molecule has 1 aromatic rings. The van der Waals surface area contributed by atoms with Gasteiger partial charge >= 0.3 is 11.9 Å². The van der Waals surface area contributed by atoms with Crippen LogP contribution in [0.2, 0.25) is 0 Å². The van der Waals surface area contributed by atoms with Crippen LogP contribution in [-0.2, 0) is 28.5 Å². The molecule has 1 spiro atoms. The van der Waals surface area contributed by atoms with Crippen molar-refractivity contribution in [3.05, 3.63) is 24.2 Å². The Labute approximate surface area is 205 Å². The summed E-state index contributed by atoms with van der Waals surface area (Å²) in [6, 6.07) is 2.01. The standard InChI is InChI=1S/C27H36O8/c1-23(2,30)17-10-21(29)35-26(5)22-16(33-18(25(17,22)4)11-20(28)31-6)12-24(3)15(14-7-8-32-13-14)9-19-27(24,26)34-19/h7-8,13,15-19,22,30H,9-12H2,1-6H3/t15-,16+,17-,18+,19+,22+,24-,25+,26+,27+/m0/s1. The van der Waals surface area contributed by atoms with E-state index in [1.807, 2.05) is 13.0 Å². The lowest BCUT2D eigenvalue weighted by Gasteiger charge is -2.58. The zero-order chi connectivity index (χ0) is 25.2. The van der Waals surface area contributed by atoms with Gasteiger partial charge in [-0.2, -0.15) is 0 Å². The maximum Gasteiger partial charge on any atom is 0.308 e. The summed E-state index contributed by atoms with van der Waals surface area (Å²) in [5.41, 5.74) is -2.82. The number of carbonyl (C=O) groups is 2. The molecule has 3 aliphatic heterocycles. The van der Waals surface area contributed by atoms with E-state index in [2.05, 4.69) is 13.8 Å². The SMILES string of the molecule is COC(=O)C[C@H]1O[C@@H]2C[C@@]3(C)[C@H](c4ccoc4)C[C@H]4O[C@]43[C@]3(C)OC(=O)C[C@@H](C(C)(C)O)[C@@]1(C)[C@@H]23. The molecule has 5 fully saturated rings. The third kappa shape index (κ3) is 2.68. The van der Waals surface area contributed by atoms with Crippen LogP contribution in [0, 0.1) is 22.7 Å². The van der Waals surface area contributed by atoms with Gasteiger partial charge in [0.2, 0.25) is 0 Å². The van der Waals surface area contributed by atoms with E-state index in [0.29, 0.717) is 6.42 Å². The lowest BCUT2D eigenvalue weighted by Crippen LogP contribution is -2.68. The molecule has 0 unspecified atom stereocenters. The summed E-state index contributed by atoms with van der Waals surface area (Å²) in [5, 5.41) is 11.3. The van der Waals surface area contributed by atoms with Crippen LogP contribution in [0.3, 0.4) is 0 Å². The molecule has 8 heteroatoms. The molecule has 8 nitrogen and oxygen atoms in total. The van der Waals surface area contributed by atoms with Gasteiger partial charge in [-0.1, -0.05) is 13.8 Å². The molecule has 5 aliphatic rings. The Morgan fingerprint density at radius 2 is 2.03 bits per heavy atom. The Balaban J connectivity index is 1.53. The van der Waals surface area contributed by atoms with E-state index in [1.165, 1.54) is 7.11 Å². The van der Waals surface area contributed by atoms with E-state index in [1.54, 1.807) is 26.4 Å². The topological polar surface area (TPSA) is 108 Å². The van der Waals surface area contributed by atoms with E-state index in [9.17, 15) is 14.7 Å². The molecule has 35 heavy (non-hydrogen) atoms. The Hall–Kier alpha value is -1.90. The number of hydrogen-bond acceptors (Lipinski definition) is 8. The number of esters is 2. The molecule has 2 saturated carbocycles. The number of ether oxygens (including phenoxy) is 4. The molecular formula is C27H36O8. The van der Waals surface area contributed by atoms with Gasteiger partial charge in [-0.15, -0.1) is 0 Å². The van der Waals surface area contributed by atoms with Crippen LogP contribution in [0.4, 0.5) is 0 Å². The molecule has 0 radical (unpaired) electrons. The first-order valence-electron chi connectivity index (χ1n) is 12.7. The molecule has 4 heterocycles. The third-order valence-electron chi connectivity index (χ3n) is 10.6. The Morgan fingerprint density at radius 1 is 1.29 bits per heavy atom. The average Bonchev–Trinajstić information content (AvgIpc) is 3.04. The normalized spacial score (nSPS) is 50.0. The second-order valence-corrected chi connectivity index (χ2v) is 12.6. The van der Waals surface area contributed by atoms with Gasteiger partial charge in [0, 0.05) is 22.7 Å². The zero-order valence-corrected chi connectivity index (χ0v) is 21.3. The third-order valence-corrected chi connectivity index (χ3v) is 10.6. The monoisotopic (exact) mass is 488 g/mol. The number of rotatable bonds is 4. The first-order valence-corrected chi connectivity index (χ1v) is 12.7. The van der Waals surface area contributed by atoms with E-state index in [4.69, 9.17) is 23.4 Å². The second kappa shape index (κ2) is 6.90. The van der Waals surface area contributed by atoms with Crippen molar-refractivity contribution < 1.29 is 38.1 Å². The Kier molecular flexibility index (Phi) is 4.63. The lowest BCUT2D eigenvalue weighted by molar-refractivity contribution is -0.213. The fourth-order valence-electron chi connectivity index (χ4n) is 9.47. The van der Waals surface area contributed by atoms with Crippen molar-refractivity contribution >= 4 is 11.9 Å². The quantitative estimate of drug-likeness (QED) is 0.508. The average molecular weight is 489 g/mol. The summed E-state index contributed by atoms with van der Waals surface area (Å²) in [6.07, 6.45) is 4.25. The minimum absolute atomic E-state index is 0.0441. The summed E-state index contributed by atoms with van der Waals surface area (Å²) < 4.78 is 30.2. The Morgan fingerprint density at radius 3 is 2.66 bits per heavy atom. The van der Waals surface area contributed by atoms with Crippen LogP contribution in [0.1, 0.15) is 71.8 Å². The molecule has 3 saturated heterocycles. The van der Waals surface area contributed by atoms with Crippen molar-refractivity contribution in [3.8, 4) is 0 Å². The second-order valence-electron chi connectivity index (χ2n) is 12.6. The molecule has 1 N–H and O–H groups in total. The largest absolute Gasteiger partial charge is 0.472 e.